The molecule has 0 aromatic heterocycles. The second-order valence-corrected chi connectivity index (χ2v) is 13.0. The largest absolute Gasteiger partial charge is 0.357 e. The summed E-state index contributed by atoms with van der Waals surface area (Å²) in [4.78, 5) is 29.0. The normalized spacial score (nSPS) is 11.9. The topological polar surface area (TPSA) is 86.8 Å². The highest BCUT2D eigenvalue weighted by Gasteiger charge is 2.35. The maximum atomic E-state index is 14.4. The van der Waals surface area contributed by atoms with Gasteiger partial charge in [-0.1, -0.05) is 89.4 Å². The van der Waals surface area contributed by atoms with Crippen molar-refractivity contribution in [2.75, 3.05) is 17.9 Å². The third-order valence-corrected chi connectivity index (χ3v) is 9.55. The zero-order valence-corrected chi connectivity index (χ0v) is 26.6. The highest BCUT2D eigenvalue weighted by atomic mass is 35.5. The molecule has 1 unspecified atom stereocenters. The van der Waals surface area contributed by atoms with E-state index in [1.54, 1.807) is 49.4 Å². The molecule has 1 atom stereocenters. The predicted molar refractivity (Wildman–Crippen MR) is 172 cm³/mol. The lowest BCUT2D eigenvalue weighted by molar-refractivity contribution is -0.139. The van der Waals surface area contributed by atoms with Gasteiger partial charge in [0, 0.05) is 35.1 Å². The highest BCUT2D eigenvalue weighted by Crippen LogP contribution is 2.29. The summed E-state index contributed by atoms with van der Waals surface area (Å²) in [6.07, 6.45) is 0.186. The fourth-order valence-corrected chi connectivity index (χ4v) is 6.72. The molecular weight excluding hydrogens is 629 g/mol. The van der Waals surface area contributed by atoms with Crippen molar-refractivity contribution in [2.24, 2.45) is 0 Å². The zero-order valence-electron chi connectivity index (χ0n) is 23.5. The Bertz CT molecular complexity index is 1700. The molecule has 0 fully saturated rings. The second-order valence-electron chi connectivity index (χ2n) is 9.83. The van der Waals surface area contributed by atoms with E-state index in [0.717, 1.165) is 9.87 Å². The Morgan fingerprint density at radius 2 is 1.47 bits per heavy atom. The molecule has 0 heterocycles. The van der Waals surface area contributed by atoms with Gasteiger partial charge in [-0.3, -0.25) is 13.9 Å². The summed E-state index contributed by atoms with van der Waals surface area (Å²) in [6.45, 7) is 1.11. The first-order valence-corrected chi connectivity index (χ1v) is 15.9. The lowest BCUT2D eigenvalue weighted by Crippen LogP contribution is -2.53. The lowest BCUT2D eigenvalue weighted by atomic mass is 10.0. The van der Waals surface area contributed by atoms with E-state index in [1.165, 1.54) is 36.2 Å². The Kier molecular flexibility index (Phi) is 10.7. The number of nitrogens with zero attached hydrogens (tertiary/aromatic N) is 2. The average molecular weight is 659 g/mol. The van der Waals surface area contributed by atoms with Crippen molar-refractivity contribution in [1.29, 1.82) is 0 Å². The number of benzene rings is 4. The van der Waals surface area contributed by atoms with Gasteiger partial charge < -0.3 is 10.2 Å². The predicted octanol–water partition coefficient (Wildman–Crippen LogP) is 6.54. The summed E-state index contributed by atoms with van der Waals surface area (Å²) >= 11 is 18.6. The summed E-state index contributed by atoms with van der Waals surface area (Å²) in [5, 5.41) is 3.75. The number of carbonyl (C=O) groups excluding carboxylic acids is 2. The molecule has 0 aliphatic carbocycles. The minimum absolute atomic E-state index is 0.0348. The number of amides is 2. The van der Waals surface area contributed by atoms with Crippen LogP contribution >= 0.6 is 34.8 Å². The van der Waals surface area contributed by atoms with E-state index in [2.05, 4.69) is 5.32 Å². The molecule has 0 radical (unpaired) electrons. The van der Waals surface area contributed by atoms with Crippen LogP contribution in [0, 0.1) is 6.92 Å². The van der Waals surface area contributed by atoms with Crippen LogP contribution in [0.3, 0.4) is 0 Å². The Morgan fingerprint density at radius 1 is 0.837 bits per heavy atom. The minimum atomic E-state index is -4.24. The average Bonchev–Trinajstić information content (AvgIpc) is 2.99. The van der Waals surface area contributed by atoms with E-state index >= 15 is 0 Å². The van der Waals surface area contributed by atoms with E-state index < -0.39 is 34.4 Å². The molecular formula is C32H30Cl3N3O4S. The van der Waals surface area contributed by atoms with E-state index in [9.17, 15) is 18.0 Å². The van der Waals surface area contributed by atoms with Crippen molar-refractivity contribution in [3.05, 3.63) is 129 Å². The molecule has 11 heteroatoms. The molecule has 0 aliphatic heterocycles. The molecule has 0 aliphatic rings. The van der Waals surface area contributed by atoms with Crippen LogP contribution in [-0.4, -0.2) is 44.8 Å². The highest BCUT2D eigenvalue weighted by molar-refractivity contribution is 7.92. The number of hydrogen-bond acceptors (Lipinski definition) is 4. The third-order valence-electron chi connectivity index (χ3n) is 6.94. The van der Waals surface area contributed by atoms with Crippen molar-refractivity contribution in [1.82, 2.24) is 10.2 Å². The summed E-state index contributed by atoms with van der Waals surface area (Å²) in [7, 11) is -2.75. The van der Waals surface area contributed by atoms with Crippen LogP contribution < -0.4 is 9.62 Å². The third kappa shape index (κ3) is 7.89. The number of nitrogens with one attached hydrogen (secondary N) is 1. The maximum absolute atomic E-state index is 14.4. The standard InChI is InChI=1S/C32H30Cl3N3O4S/c1-22-8-6-7-11-29(22)38(43(41,42)27-16-14-25(33)15-17-27)21-31(39)37(20-24-12-13-26(34)19-28(24)35)30(32(40)36-2)18-23-9-4-3-5-10-23/h3-17,19,30H,18,20-21H2,1-2H3,(H,36,40). The van der Waals surface area contributed by atoms with Gasteiger partial charge in [-0.05, 0) is 66.1 Å². The fourth-order valence-electron chi connectivity index (χ4n) is 4.64. The quantitative estimate of drug-likeness (QED) is 0.198. The number of carbonyl (C=O) groups is 2. The molecule has 0 bridgehead atoms. The number of halogens is 3. The van der Waals surface area contributed by atoms with Crippen LogP contribution in [0.4, 0.5) is 5.69 Å². The van der Waals surface area contributed by atoms with Crippen LogP contribution in [0.25, 0.3) is 0 Å². The maximum Gasteiger partial charge on any atom is 0.264 e. The molecule has 0 saturated carbocycles. The van der Waals surface area contributed by atoms with Gasteiger partial charge in [-0.25, -0.2) is 8.42 Å². The van der Waals surface area contributed by atoms with Crippen LogP contribution in [0.15, 0.2) is 102 Å². The first-order chi connectivity index (χ1) is 20.5. The van der Waals surface area contributed by atoms with Gasteiger partial charge in [-0.2, -0.15) is 0 Å². The Balaban J connectivity index is 1.81. The Labute approximate surface area is 267 Å². The van der Waals surface area contributed by atoms with E-state index in [-0.39, 0.29) is 17.9 Å². The molecule has 4 rings (SSSR count). The molecule has 224 valence electrons. The number of aryl methyl sites for hydroxylation is 1. The number of para-hydroxylation sites is 1. The summed E-state index contributed by atoms with van der Waals surface area (Å²) in [5.74, 6) is -1.01. The minimum Gasteiger partial charge on any atom is -0.357 e. The van der Waals surface area contributed by atoms with Gasteiger partial charge in [0.2, 0.25) is 11.8 Å². The van der Waals surface area contributed by atoms with Crippen molar-refractivity contribution >= 4 is 62.3 Å². The van der Waals surface area contributed by atoms with Crippen molar-refractivity contribution in [2.45, 2.75) is 30.8 Å². The Hall–Kier alpha value is -3.56. The number of hydrogen-bond donors (Lipinski definition) is 1. The van der Waals surface area contributed by atoms with Crippen molar-refractivity contribution in [3.8, 4) is 0 Å². The first-order valence-electron chi connectivity index (χ1n) is 13.3. The van der Waals surface area contributed by atoms with Gasteiger partial charge in [0.15, 0.2) is 0 Å². The second kappa shape index (κ2) is 14.3. The zero-order chi connectivity index (χ0) is 31.1. The van der Waals surface area contributed by atoms with Crippen molar-refractivity contribution in [3.63, 3.8) is 0 Å². The monoisotopic (exact) mass is 657 g/mol. The molecule has 4 aromatic rings. The molecule has 1 N–H and O–H groups in total. The first kappa shape index (κ1) is 32.4. The van der Waals surface area contributed by atoms with Crippen LogP contribution in [0.2, 0.25) is 15.1 Å². The van der Waals surface area contributed by atoms with Gasteiger partial charge in [0.25, 0.3) is 10.0 Å². The van der Waals surface area contributed by atoms with E-state index in [1.807, 2.05) is 30.3 Å². The van der Waals surface area contributed by atoms with Crippen LogP contribution in [0.1, 0.15) is 16.7 Å². The van der Waals surface area contributed by atoms with Gasteiger partial charge in [0.05, 0.1) is 10.6 Å². The summed E-state index contributed by atoms with van der Waals surface area (Å²) in [5.41, 5.74) is 2.34. The smallest absolute Gasteiger partial charge is 0.264 e. The number of likely N-dealkylation sites (N-methyl/N-ethyl adjacent to an activating group) is 1. The summed E-state index contributed by atoms with van der Waals surface area (Å²) < 4.78 is 29.2. The van der Waals surface area contributed by atoms with Crippen LogP contribution in [0.5, 0.6) is 0 Å². The van der Waals surface area contributed by atoms with Gasteiger partial charge in [0.1, 0.15) is 12.6 Å². The van der Waals surface area contributed by atoms with E-state index in [0.29, 0.717) is 31.9 Å². The molecule has 2 amide bonds. The number of sulfonamides is 1. The molecule has 7 nitrogen and oxygen atoms in total. The van der Waals surface area contributed by atoms with Gasteiger partial charge in [-0.15, -0.1) is 0 Å². The fraction of sp³-hybridized carbons (Fsp3) is 0.188. The Morgan fingerprint density at radius 3 is 2.09 bits per heavy atom. The lowest BCUT2D eigenvalue weighted by Gasteiger charge is -2.34. The molecule has 4 aromatic carbocycles. The van der Waals surface area contributed by atoms with Crippen molar-refractivity contribution < 1.29 is 18.0 Å². The molecule has 0 spiro atoms. The van der Waals surface area contributed by atoms with Crippen LogP contribution in [-0.2, 0) is 32.6 Å². The number of anilines is 1. The number of rotatable bonds is 11. The van der Waals surface area contributed by atoms with E-state index in [4.69, 9.17) is 34.8 Å². The molecule has 0 saturated heterocycles. The molecule has 43 heavy (non-hydrogen) atoms. The summed E-state index contributed by atoms with van der Waals surface area (Å²) in [6, 6.07) is 25.8. The SMILES string of the molecule is CNC(=O)C(Cc1ccccc1)N(Cc1ccc(Cl)cc1Cl)C(=O)CN(c1ccccc1C)S(=O)(=O)c1ccc(Cl)cc1. The van der Waals surface area contributed by atoms with Gasteiger partial charge >= 0.3 is 0 Å².